The summed E-state index contributed by atoms with van der Waals surface area (Å²) >= 11 is 0. The van der Waals surface area contributed by atoms with E-state index in [4.69, 9.17) is 0 Å². The van der Waals surface area contributed by atoms with Crippen molar-refractivity contribution in [3.05, 3.63) is 12.2 Å². The predicted octanol–water partition coefficient (Wildman–Crippen LogP) is 9.61. The summed E-state index contributed by atoms with van der Waals surface area (Å²) in [5.41, 5.74) is 1.50. The van der Waals surface area contributed by atoms with E-state index in [9.17, 15) is 0 Å². The molecule has 174 valence electrons. The molecular weight excluding hydrogens is 350 g/mol. The molecule has 1 nitrogen and oxygen atoms in total. The van der Waals surface area contributed by atoms with Crippen molar-refractivity contribution in [1.29, 1.82) is 0 Å². The van der Waals surface area contributed by atoms with Crippen LogP contribution in [0.4, 0.5) is 0 Å². The Kier molecular flexibility index (Phi) is 23.7. The lowest BCUT2D eigenvalue weighted by Crippen LogP contribution is -2.16. The molecule has 0 amide bonds. The van der Waals surface area contributed by atoms with Crippen molar-refractivity contribution in [3.63, 3.8) is 0 Å². The Morgan fingerprint density at radius 2 is 1.07 bits per heavy atom. The lowest BCUT2D eigenvalue weighted by Gasteiger charge is -2.13. The number of unbranched alkanes of at least 4 members (excludes halogenated alkanes) is 14. The highest BCUT2D eigenvalue weighted by Crippen LogP contribution is 2.21. The topological polar surface area (TPSA) is 12.0 Å². The molecule has 0 rings (SSSR count). The molecule has 29 heavy (non-hydrogen) atoms. The molecular formula is C28H57N. The van der Waals surface area contributed by atoms with Gasteiger partial charge in [0.2, 0.25) is 0 Å². The fourth-order valence-electron chi connectivity index (χ4n) is 4.28. The van der Waals surface area contributed by atoms with E-state index in [2.05, 4.69) is 32.7 Å². The SMILES string of the molecule is C=C(CCCCCCCNCCCCCCCC)CC(C)CCCCCCCC. The second kappa shape index (κ2) is 24.0. The van der Waals surface area contributed by atoms with E-state index in [0.717, 1.165) is 5.92 Å². The zero-order valence-electron chi connectivity index (χ0n) is 20.8. The van der Waals surface area contributed by atoms with E-state index in [0.29, 0.717) is 0 Å². The summed E-state index contributed by atoms with van der Waals surface area (Å²) in [5.74, 6) is 0.839. The van der Waals surface area contributed by atoms with E-state index in [-0.39, 0.29) is 0 Å². The molecule has 0 bridgehead atoms. The van der Waals surface area contributed by atoms with Gasteiger partial charge in [-0.2, -0.15) is 0 Å². The smallest absolute Gasteiger partial charge is 0.00489 e. The van der Waals surface area contributed by atoms with Gasteiger partial charge in [0.15, 0.2) is 0 Å². The molecule has 0 saturated carbocycles. The van der Waals surface area contributed by atoms with Gasteiger partial charge in [-0.05, 0) is 51.1 Å². The Morgan fingerprint density at radius 3 is 1.62 bits per heavy atom. The second-order valence-corrected chi connectivity index (χ2v) is 9.65. The van der Waals surface area contributed by atoms with Crippen molar-refractivity contribution < 1.29 is 0 Å². The summed E-state index contributed by atoms with van der Waals surface area (Å²) in [4.78, 5) is 0. The van der Waals surface area contributed by atoms with Crippen LogP contribution < -0.4 is 5.32 Å². The highest BCUT2D eigenvalue weighted by Gasteiger charge is 2.05. The Balaban J connectivity index is 3.26. The van der Waals surface area contributed by atoms with Gasteiger partial charge < -0.3 is 5.32 Å². The van der Waals surface area contributed by atoms with Crippen LogP contribution >= 0.6 is 0 Å². The van der Waals surface area contributed by atoms with E-state index in [1.54, 1.807) is 0 Å². The van der Waals surface area contributed by atoms with E-state index < -0.39 is 0 Å². The van der Waals surface area contributed by atoms with Crippen molar-refractivity contribution >= 4 is 0 Å². The summed E-state index contributed by atoms with van der Waals surface area (Å²) in [6.07, 6.45) is 27.7. The molecule has 0 saturated heterocycles. The molecule has 0 radical (unpaired) electrons. The fraction of sp³-hybridized carbons (Fsp3) is 0.929. The minimum atomic E-state index is 0.839. The van der Waals surface area contributed by atoms with E-state index in [1.807, 2.05) is 0 Å². The minimum absolute atomic E-state index is 0.839. The van der Waals surface area contributed by atoms with E-state index >= 15 is 0 Å². The van der Waals surface area contributed by atoms with Crippen LogP contribution in [0.25, 0.3) is 0 Å². The Hall–Kier alpha value is -0.300. The van der Waals surface area contributed by atoms with Crippen LogP contribution in [-0.4, -0.2) is 13.1 Å². The summed E-state index contributed by atoms with van der Waals surface area (Å²) in [6, 6.07) is 0. The third-order valence-electron chi connectivity index (χ3n) is 6.28. The van der Waals surface area contributed by atoms with Crippen molar-refractivity contribution in [1.82, 2.24) is 5.32 Å². The Bertz CT molecular complexity index is 322. The van der Waals surface area contributed by atoms with Crippen LogP contribution in [0.2, 0.25) is 0 Å². The highest BCUT2D eigenvalue weighted by atomic mass is 14.8. The molecule has 0 aromatic heterocycles. The van der Waals surface area contributed by atoms with Crippen LogP contribution in [0.1, 0.15) is 149 Å². The fourth-order valence-corrected chi connectivity index (χ4v) is 4.28. The maximum Gasteiger partial charge on any atom is -0.00489 e. The van der Waals surface area contributed by atoms with Crippen molar-refractivity contribution in [3.8, 4) is 0 Å². The monoisotopic (exact) mass is 407 g/mol. The average Bonchev–Trinajstić information content (AvgIpc) is 2.70. The van der Waals surface area contributed by atoms with Crippen LogP contribution in [0, 0.1) is 5.92 Å². The number of allylic oxidation sites excluding steroid dienone is 1. The molecule has 0 heterocycles. The number of hydrogen-bond donors (Lipinski definition) is 1. The van der Waals surface area contributed by atoms with Gasteiger partial charge in [0.05, 0.1) is 0 Å². The lowest BCUT2D eigenvalue weighted by molar-refractivity contribution is 0.472. The summed E-state index contributed by atoms with van der Waals surface area (Å²) < 4.78 is 0. The summed E-state index contributed by atoms with van der Waals surface area (Å²) in [6.45, 7) is 13.8. The highest BCUT2D eigenvalue weighted by molar-refractivity contribution is 4.95. The normalized spacial score (nSPS) is 12.4. The van der Waals surface area contributed by atoms with Gasteiger partial charge in [-0.15, -0.1) is 0 Å². The lowest BCUT2D eigenvalue weighted by atomic mass is 9.93. The van der Waals surface area contributed by atoms with Gasteiger partial charge in [-0.1, -0.05) is 129 Å². The Labute approximate surface area is 185 Å². The minimum Gasteiger partial charge on any atom is -0.317 e. The molecule has 0 aromatic rings. The van der Waals surface area contributed by atoms with Crippen LogP contribution in [0.15, 0.2) is 12.2 Å². The quantitative estimate of drug-likeness (QED) is 0.124. The third-order valence-corrected chi connectivity index (χ3v) is 6.28. The van der Waals surface area contributed by atoms with Crippen molar-refractivity contribution in [2.24, 2.45) is 5.92 Å². The Morgan fingerprint density at radius 1 is 0.621 bits per heavy atom. The van der Waals surface area contributed by atoms with Gasteiger partial charge in [0.1, 0.15) is 0 Å². The molecule has 0 aliphatic heterocycles. The molecule has 0 aliphatic carbocycles. The second-order valence-electron chi connectivity index (χ2n) is 9.65. The van der Waals surface area contributed by atoms with Gasteiger partial charge in [0, 0.05) is 0 Å². The van der Waals surface area contributed by atoms with Crippen LogP contribution in [-0.2, 0) is 0 Å². The molecule has 0 spiro atoms. The zero-order valence-corrected chi connectivity index (χ0v) is 20.8. The average molecular weight is 408 g/mol. The molecule has 1 atom stereocenters. The maximum atomic E-state index is 4.35. The van der Waals surface area contributed by atoms with Crippen LogP contribution in [0.3, 0.4) is 0 Å². The molecule has 0 fully saturated rings. The van der Waals surface area contributed by atoms with Crippen molar-refractivity contribution in [2.45, 2.75) is 149 Å². The van der Waals surface area contributed by atoms with Crippen LogP contribution in [0.5, 0.6) is 0 Å². The first kappa shape index (κ1) is 28.7. The molecule has 0 aliphatic rings. The molecule has 1 heteroatoms. The van der Waals surface area contributed by atoms with Gasteiger partial charge in [-0.25, -0.2) is 0 Å². The summed E-state index contributed by atoms with van der Waals surface area (Å²) in [7, 11) is 0. The number of nitrogens with one attached hydrogen (secondary N) is 1. The van der Waals surface area contributed by atoms with E-state index in [1.165, 1.54) is 147 Å². The van der Waals surface area contributed by atoms with Gasteiger partial charge in [-0.3, -0.25) is 0 Å². The largest absolute Gasteiger partial charge is 0.317 e. The molecule has 1 N–H and O–H groups in total. The zero-order chi connectivity index (χ0) is 21.4. The number of rotatable bonds is 24. The van der Waals surface area contributed by atoms with Gasteiger partial charge >= 0.3 is 0 Å². The first-order chi connectivity index (χ1) is 14.2. The first-order valence-electron chi connectivity index (χ1n) is 13.6. The predicted molar refractivity (Wildman–Crippen MR) is 135 cm³/mol. The molecule has 1 unspecified atom stereocenters. The number of hydrogen-bond acceptors (Lipinski definition) is 1. The molecule has 0 aromatic carbocycles. The standard InChI is InChI=1S/C28H57N/c1-5-7-9-11-14-18-22-27(3)26-28(4)23-19-15-13-17-21-25-29-24-20-16-12-10-8-6-2/h27,29H,4-26H2,1-3H3. The van der Waals surface area contributed by atoms with Gasteiger partial charge in [0.25, 0.3) is 0 Å². The maximum absolute atomic E-state index is 4.35. The third kappa shape index (κ3) is 23.8. The summed E-state index contributed by atoms with van der Waals surface area (Å²) in [5, 5.41) is 3.62. The van der Waals surface area contributed by atoms with Crippen molar-refractivity contribution in [2.75, 3.05) is 13.1 Å². The first-order valence-corrected chi connectivity index (χ1v) is 13.6.